The highest BCUT2D eigenvalue weighted by Crippen LogP contribution is 2.36. The standard InChI is InChI=1S/C19H22N2O2/c22-17-14-23-18-9-5-4-8-16(18)19(17)21-12-10-20(11-13-21)15-6-2-1-3-7-15/h1-9,17,19,22H,10-14H2. The molecule has 23 heavy (non-hydrogen) atoms. The smallest absolute Gasteiger partial charge is 0.124 e. The molecule has 0 radical (unpaired) electrons. The van der Waals surface area contributed by atoms with E-state index in [2.05, 4.69) is 46.2 Å². The number of anilines is 1. The van der Waals surface area contributed by atoms with Crippen molar-refractivity contribution in [2.24, 2.45) is 0 Å². The van der Waals surface area contributed by atoms with Crippen molar-refractivity contribution in [2.45, 2.75) is 12.1 Å². The summed E-state index contributed by atoms with van der Waals surface area (Å²) in [6.45, 7) is 4.24. The van der Waals surface area contributed by atoms with Crippen LogP contribution in [0.3, 0.4) is 0 Å². The van der Waals surface area contributed by atoms with Crippen LogP contribution in [0.1, 0.15) is 11.6 Å². The zero-order valence-corrected chi connectivity index (χ0v) is 13.1. The lowest BCUT2D eigenvalue weighted by Crippen LogP contribution is -2.51. The second-order valence-electron chi connectivity index (χ2n) is 6.22. The van der Waals surface area contributed by atoms with Gasteiger partial charge in [-0.2, -0.15) is 0 Å². The third-order valence-electron chi connectivity index (χ3n) is 4.84. The van der Waals surface area contributed by atoms with Crippen molar-refractivity contribution in [2.75, 3.05) is 37.7 Å². The molecule has 4 nitrogen and oxygen atoms in total. The summed E-state index contributed by atoms with van der Waals surface area (Å²) in [6.07, 6.45) is -0.465. The Labute approximate surface area is 136 Å². The zero-order chi connectivity index (χ0) is 15.6. The first kappa shape index (κ1) is 14.5. The molecule has 2 atom stereocenters. The predicted octanol–water partition coefficient (Wildman–Crippen LogP) is 2.30. The summed E-state index contributed by atoms with van der Waals surface area (Å²) in [5, 5.41) is 10.5. The Morgan fingerprint density at radius 2 is 1.57 bits per heavy atom. The van der Waals surface area contributed by atoms with Crippen molar-refractivity contribution in [1.29, 1.82) is 0 Å². The first-order valence-electron chi connectivity index (χ1n) is 8.27. The normalized spacial score (nSPS) is 24.8. The van der Waals surface area contributed by atoms with Gasteiger partial charge in [0.05, 0.1) is 6.04 Å². The van der Waals surface area contributed by atoms with Gasteiger partial charge < -0.3 is 14.7 Å². The van der Waals surface area contributed by atoms with Crippen LogP contribution in [-0.4, -0.2) is 48.9 Å². The molecule has 0 spiro atoms. The minimum atomic E-state index is -0.465. The molecule has 2 aromatic rings. The van der Waals surface area contributed by atoms with E-state index in [4.69, 9.17) is 4.74 Å². The van der Waals surface area contributed by atoms with E-state index in [0.29, 0.717) is 6.61 Å². The highest BCUT2D eigenvalue weighted by molar-refractivity contribution is 5.46. The van der Waals surface area contributed by atoms with Crippen LogP contribution in [0.15, 0.2) is 54.6 Å². The molecule has 0 amide bonds. The lowest BCUT2D eigenvalue weighted by Gasteiger charge is -2.43. The molecule has 2 aromatic carbocycles. The maximum Gasteiger partial charge on any atom is 0.124 e. The summed E-state index contributed by atoms with van der Waals surface area (Å²) >= 11 is 0. The van der Waals surface area contributed by atoms with Crippen LogP contribution in [0.25, 0.3) is 0 Å². The van der Waals surface area contributed by atoms with Crippen LogP contribution in [0.5, 0.6) is 5.75 Å². The second kappa shape index (κ2) is 6.22. The quantitative estimate of drug-likeness (QED) is 0.923. The average molecular weight is 310 g/mol. The van der Waals surface area contributed by atoms with Gasteiger partial charge >= 0.3 is 0 Å². The van der Waals surface area contributed by atoms with Gasteiger partial charge in [0.25, 0.3) is 0 Å². The van der Waals surface area contributed by atoms with Gasteiger partial charge in [-0.15, -0.1) is 0 Å². The molecule has 4 rings (SSSR count). The van der Waals surface area contributed by atoms with E-state index in [0.717, 1.165) is 37.5 Å². The molecule has 0 saturated carbocycles. The van der Waals surface area contributed by atoms with Crippen LogP contribution in [0.4, 0.5) is 5.69 Å². The Morgan fingerprint density at radius 3 is 2.35 bits per heavy atom. The fourth-order valence-corrected chi connectivity index (χ4v) is 3.67. The van der Waals surface area contributed by atoms with Crippen LogP contribution in [0, 0.1) is 0 Å². The number of fused-ring (bicyclic) bond motifs is 1. The topological polar surface area (TPSA) is 35.9 Å². The molecule has 0 bridgehead atoms. The summed E-state index contributed by atoms with van der Waals surface area (Å²) in [4.78, 5) is 4.81. The molecule has 1 N–H and O–H groups in total. The Kier molecular flexibility index (Phi) is 3.93. The molecule has 0 aromatic heterocycles. The number of rotatable bonds is 2. The largest absolute Gasteiger partial charge is 0.490 e. The van der Waals surface area contributed by atoms with E-state index < -0.39 is 6.10 Å². The summed E-state index contributed by atoms with van der Waals surface area (Å²) in [6, 6.07) is 18.7. The maximum atomic E-state index is 10.5. The summed E-state index contributed by atoms with van der Waals surface area (Å²) in [5.41, 5.74) is 2.39. The van der Waals surface area contributed by atoms with E-state index in [1.165, 1.54) is 5.69 Å². The van der Waals surface area contributed by atoms with Crippen molar-refractivity contribution in [3.05, 3.63) is 60.2 Å². The van der Waals surface area contributed by atoms with Gasteiger partial charge in [-0.1, -0.05) is 36.4 Å². The number of aliphatic hydroxyl groups excluding tert-OH is 1. The van der Waals surface area contributed by atoms with Crippen molar-refractivity contribution in [3.8, 4) is 5.75 Å². The van der Waals surface area contributed by atoms with Crippen LogP contribution in [-0.2, 0) is 0 Å². The van der Waals surface area contributed by atoms with Crippen LogP contribution < -0.4 is 9.64 Å². The molecule has 120 valence electrons. The number of aliphatic hydroxyl groups is 1. The van der Waals surface area contributed by atoms with E-state index in [1.807, 2.05) is 18.2 Å². The fraction of sp³-hybridized carbons (Fsp3) is 0.368. The SMILES string of the molecule is OC1COc2ccccc2C1N1CCN(c2ccccc2)CC1. The van der Waals surface area contributed by atoms with E-state index in [-0.39, 0.29) is 6.04 Å². The number of nitrogens with zero attached hydrogens (tertiary/aromatic N) is 2. The number of hydrogen-bond donors (Lipinski definition) is 1. The highest BCUT2D eigenvalue weighted by Gasteiger charge is 2.35. The molecule has 2 heterocycles. The van der Waals surface area contributed by atoms with Gasteiger partial charge in [-0.3, -0.25) is 4.90 Å². The van der Waals surface area contributed by atoms with E-state index in [9.17, 15) is 5.11 Å². The predicted molar refractivity (Wildman–Crippen MR) is 90.9 cm³/mol. The molecule has 1 fully saturated rings. The van der Waals surface area contributed by atoms with Gasteiger partial charge in [0, 0.05) is 37.4 Å². The van der Waals surface area contributed by atoms with Gasteiger partial charge in [-0.25, -0.2) is 0 Å². The van der Waals surface area contributed by atoms with E-state index >= 15 is 0 Å². The van der Waals surface area contributed by atoms with Gasteiger partial charge in [0.2, 0.25) is 0 Å². The van der Waals surface area contributed by atoms with Crippen molar-refractivity contribution >= 4 is 5.69 Å². The lowest BCUT2D eigenvalue weighted by molar-refractivity contribution is -0.00202. The molecule has 1 saturated heterocycles. The van der Waals surface area contributed by atoms with Crippen molar-refractivity contribution < 1.29 is 9.84 Å². The minimum absolute atomic E-state index is 0.0397. The summed E-state index contributed by atoms with van der Waals surface area (Å²) in [5.74, 6) is 0.910. The average Bonchev–Trinajstić information content (AvgIpc) is 2.63. The molecule has 2 unspecified atom stereocenters. The Balaban J connectivity index is 1.50. The first-order chi connectivity index (χ1) is 11.3. The van der Waals surface area contributed by atoms with Gasteiger partial charge in [0.15, 0.2) is 0 Å². The number of ether oxygens (including phenoxy) is 1. The number of benzene rings is 2. The molecular weight excluding hydrogens is 288 g/mol. The summed E-state index contributed by atoms with van der Waals surface area (Å²) in [7, 11) is 0. The van der Waals surface area contributed by atoms with Gasteiger partial charge in [0.1, 0.15) is 18.5 Å². The summed E-state index contributed by atoms with van der Waals surface area (Å²) < 4.78 is 5.66. The van der Waals surface area contributed by atoms with Crippen LogP contribution in [0.2, 0.25) is 0 Å². The monoisotopic (exact) mass is 310 g/mol. The van der Waals surface area contributed by atoms with Crippen molar-refractivity contribution in [3.63, 3.8) is 0 Å². The lowest BCUT2D eigenvalue weighted by atomic mass is 9.96. The minimum Gasteiger partial charge on any atom is -0.490 e. The Hall–Kier alpha value is -2.04. The molecular formula is C19H22N2O2. The van der Waals surface area contributed by atoms with E-state index in [1.54, 1.807) is 0 Å². The molecule has 0 aliphatic carbocycles. The van der Waals surface area contributed by atoms with Crippen molar-refractivity contribution in [1.82, 2.24) is 4.90 Å². The maximum absolute atomic E-state index is 10.5. The number of hydrogen-bond acceptors (Lipinski definition) is 4. The number of piperazine rings is 1. The molecule has 4 heteroatoms. The number of para-hydroxylation sites is 2. The zero-order valence-electron chi connectivity index (χ0n) is 13.1. The highest BCUT2D eigenvalue weighted by atomic mass is 16.5. The first-order valence-corrected chi connectivity index (χ1v) is 8.27. The molecule has 2 aliphatic heterocycles. The third-order valence-corrected chi connectivity index (χ3v) is 4.84. The van der Waals surface area contributed by atoms with Gasteiger partial charge in [-0.05, 0) is 18.2 Å². The Bertz CT molecular complexity index is 653. The second-order valence-corrected chi connectivity index (χ2v) is 6.22. The Morgan fingerprint density at radius 1 is 0.870 bits per heavy atom. The fourth-order valence-electron chi connectivity index (χ4n) is 3.67. The molecule has 2 aliphatic rings. The van der Waals surface area contributed by atoms with Crippen LogP contribution >= 0.6 is 0 Å². The third kappa shape index (κ3) is 2.80.